The van der Waals surface area contributed by atoms with Crippen LogP contribution in [0.25, 0.3) is 0 Å². The van der Waals surface area contributed by atoms with Crippen LogP contribution in [0.1, 0.15) is 27.2 Å². The summed E-state index contributed by atoms with van der Waals surface area (Å²) < 4.78 is 5.37. The van der Waals surface area contributed by atoms with E-state index in [1.807, 2.05) is 63.2 Å². The molecule has 0 radical (unpaired) electrons. The maximum atomic E-state index is 12.5. The van der Waals surface area contributed by atoms with Gasteiger partial charge in [-0.1, -0.05) is 18.2 Å². The summed E-state index contributed by atoms with van der Waals surface area (Å²) in [5, 5.41) is 6.20. The van der Waals surface area contributed by atoms with Crippen LogP contribution in [0.2, 0.25) is 0 Å². The standard InChI is InChI=1S/C22H23N3O2/c1-14-8-11-21(27-4)20(12-14)24-17-9-10-19(23-13-17)22(26)25-18-7-5-6-15(2)16(18)3/h5-13,24H,1-4H3,(H,25,26). The maximum absolute atomic E-state index is 12.5. The van der Waals surface area contributed by atoms with Crippen molar-refractivity contribution in [2.45, 2.75) is 20.8 Å². The zero-order valence-corrected chi connectivity index (χ0v) is 16.0. The zero-order valence-electron chi connectivity index (χ0n) is 16.0. The first kappa shape index (κ1) is 18.5. The maximum Gasteiger partial charge on any atom is 0.274 e. The van der Waals surface area contributed by atoms with Crippen molar-refractivity contribution in [1.82, 2.24) is 4.98 Å². The molecular formula is C22H23N3O2. The average molecular weight is 361 g/mol. The molecule has 0 aliphatic carbocycles. The first-order chi connectivity index (χ1) is 13.0. The van der Waals surface area contributed by atoms with Crippen LogP contribution in [0.4, 0.5) is 17.1 Å². The monoisotopic (exact) mass is 361 g/mol. The molecule has 1 aromatic heterocycles. The largest absolute Gasteiger partial charge is 0.495 e. The Labute approximate surface area is 159 Å². The Morgan fingerprint density at radius 3 is 2.52 bits per heavy atom. The van der Waals surface area contributed by atoms with E-state index in [-0.39, 0.29) is 5.91 Å². The lowest BCUT2D eigenvalue weighted by Gasteiger charge is -2.12. The van der Waals surface area contributed by atoms with Crippen LogP contribution < -0.4 is 15.4 Å². The molecule has 3 rings (SSSR count). The van der Waals surface area contributed by atoms with Crippen LogP contribution in [-0.2, 0) is 0 Å². The SMILES string of the molecule is COc1ccc(C)cc1Nc1ccc(C(=O)Nc2cccc(C)c2C)nc1. The molecule has 0 fully saturated rings. The number of hydrogen-bond acceptors (Lipinski definition) is 4. The van der Waals surface area contributed by atoms with Gasteiger partial charge in [0.15, 0.2) is 0 Å². The third-order valence-electron chi connectivity index (χ3n) is 4.48. The van der Waals surface area contributed by atoms with Gasteiger partial charge in [0.25, 0.3) is 5.91 Å². The number of methoxy groups -OCH3 is 1. The molecule has 0 saturated carbocycles. The van der Waals surface area contributed by atoms with Crippen molar-refractivity contribution in [3.63, 3.8) is 0 Å². The molecule has 0 bridgehead atoms. The normalized spacial score (nSPS) is 10.4. The number of nitrogens with zero attached hydrogens (tertiary/aromatic N) is 1. The highest BCUT2D eigenvalue weighted by Gasteiger charge is 2.10. The molecule has 1 amide bonds. The van der Waals surface area contributed by atoms with Gasteiger partial charge in [0.05, 0.1) is 24.7 Å². The summed E-state index contributed by atoms with van der Waals surface area (Å²) in [4.78, 5) is 16.8. The van der Waals surface area contributed by atoms with Gasteiger partial charge in [0, 0.05) is 5.69 Å². The fourth-order valence-electron chi connectivity index (χ4n) is 2.75. The van der Waals surface area contributed by atoms with Crippen LogP contribution in [0.3, 0.4) is 0 Å². The number of nitrogens with one attached hydrogen (secondary N) is 2. The third kappa shape index (κ3) is 4.26. The second kappa shape index (κ2) is 7.91. The zero-order chi connectivity index (χ0) is 19.4. The molecular weight excluding hydrogens is 338 g/mol. The van der Waals surface area contributed by atoms with E-state index >= 15 is 0 Å². The minimum absolute atomic E-state index is 0.233. The summed E-state index contributed by atoms with van der Waals surface area (Å²) in [6.07, 6.45) is 1.64. The molecule has 27 heavy (non-hydrogen) atoms. The highest BCUT2D eigenvalue weighted by Crippen LogP contribution is 2.28. The molecule has 5 heteroatoms. The van der Waals surface area contributed by atoms with Gasteiger partial charge in [-0.25, -0.2) is 4.98 Å². The summed E-state index contributed by atoms with van der Waals surface area (Å²) in [5.74, 6) is 0.515. The Morgan fingerprint density at radius 2 is 1.81 bits per heavy atom. The highest BCUT2D eigenvalue weighted by molar-refractivity contribution is 6.03. The predicted molar refractivity (Wildman–Crippen MR) is 109 cm³/mol. The number of aryl methyl sites for hydroxylation is 2. The number of ether oxygens (including phenoxy) is 1. The van der Waals surface area contributed by atoms with Crippen molar-refractivity contribution >= 4 is 23.0 Å². The van der Waals surface area contributed by atoms with Crippen molar-refractivity contribution in [2.24, 2.45) is 0 Å². The Hall–Kier alpha value is -3.34. The minimum atomic E-state index is -0.233. The van der Waals surface area contributed by atoms with Crippen molar-refractivity contribution in [3.8, 4) is 5.75 Å². The molecule has 0 aliphatic heterocycles. The molecule has 5 nitrogen and oxygen atoms in total. The quantitative estimate of drug-likeness (QED) is 0.670. The lowest BCUT2D eigenvalue weighted by Crippen LogP contribution is -2.14. The van der Waals surface area contributed by atoms with Gasteiger partial charge >= 0.3 is 0 Å². The molecule has 138 valence electrons. The molecule has 1 heterocycles. The summed E-state index contributed by atoms with van der Waals surface area (Å²) in [6, 6.07) is 15.3. The van der Waals surface area contributed by atoms with Gasteiger partial charge in [-0.3, -0.25) is 4.79 Å². The fourth-order valence-corrected chi connectivity index (χ4v) is 2.75. The number of benzene rings is 2. The number of carbonyl (C=O) groups is 1. The molecule has 3 aromatic rings. The number of aromatic nitrogens is 1. The number of hydrogen-bond donors (Lipinski definition) is 2. The van der Waals surface area contributed by atoms with Crippen LogP contribution in [0.15, 0.2) is 54.7 Å². The van der Waals surface area contributed by atoms with E-state index in [0.717, 1.165) is 39.5 Å². The third-order valence-corrected chi connectivity index (χ3v) is 4.48. The van der Waals surface area contributed by atoms with Gasteiger partial charge in [0.1, 0.15) is 11.4 Å². The van der Waals surface area contributed by atoms with Gasteiger partial charge < -0.3 is 15.4 Å². The number of carbonyl (C=O) groups excluding carboxylic acids is 1. The lowest BCUT2D eigenvalue weighted by atomic mass is 10.1. The van der Waals surface area contributed by atoms with Crippen LogP contribution in [-0.4, -0.2) is 18.0 Å². The molecule has 2 N–H and O–H groups in total. The van der Waals surface area contributed by atoms with Gasteiger partial charge in [-0.2, -0.15) is 0 Å². The molecule has 0 atom stereocenters. The van der Waals surface area contributed by atoms with Crippen LogP contribution in [0, 0.1) is 20.8 Å². The smallest absolute Gasteiger partial charge is 0.274 e. The van der Waals surface area contributed by atoms with Gasteiger partial charge in [-0.05, 0) is 67.8 Å². The van der Waals surface area contributed by atoms with E-state index in [2.05, 4.69) is 15.6 Å². The molecule has 0 unspecified atom stereocenters. The van der Waals surface area contributed by atoms with E-state index < -0.39 is 0 Å². The van der Waals surface area contributed by atoms with Crippen LogP contribution in [0.5, 0.6) is 5.75 Å². The first-order valence-electron chi connectivity index (χ1n) is 8.73. The van der Waals surface area contributed by atoms with Crippen molar-refractivity contribution < 1.29 is 9.53 Å². The fraction of sp³-hybridized carbons (Fsp3) is 0.182. The van der Waals surface area contributed by atoms with Crippen molar-refractivity contribution in [3.05, 3.63) is 77.1 Å². The van der Waals surface area contributed by atoms with Crippen LogP contribution >= 0.6 is 0 Å². The second-order valence-electron chi connectivity index (χ2n) is 6.46. The number of rotatable bonds is 5. The first-order valence-corrected chi connectivity index (χ1v) is 8.73. The topological polar surface area (TPSA) is 63.2 Å². The number of anilines is 3. The molecule has 2 aromatic carbocycles. The van der Waals surface area contributed by atoms with Crippen molar-refractivity contribution in [1.29, 1.82) is 0 Å². The highest BCUT2D eigenvalue weighted by atomic mass is 16.5. The van der Waals surface area contributed by atoms with E-state index in [1.165, 1.54) is 0 Å². The Balaban J connectivity index is 1.74. The summed E-state index contributed by atoms with van der Waals surface area (Å²) >= 11 is 0. The van der Waals surface area contributed by atoms with E-state index in [1.54, 1.807) is 19.4 Å². The molecule has 0 spiro atoms. The van der Waals surface area contributed by atoms with Gasteiger partial charge in [-0.15, -0.1) is 0 Å². The summed E-state index contributed by atoms with van der Waals surface area (Å²) in [5.41, 5.74) is 6.10. The minimum Gasteiger partial charge on any atom is -0.495 e. The Bertz CT molecular complexity index is 966. The molecule has 0 saturated heterocycles. The van der Waals surface area contributed by atoms with Gasteiger partial charge in [0.2, 0.25) is 0 Å². The Kier molecular flexibility index (Phi) is 5.41. The number of amides is 1. The summed E-state index contributed by atoms with van der Waals surface area (Å²) in [7, 11) is 1.63. The van der Waals surface area contributed by atoms with E-state index in [9.17, 15) is 4.79 Å². The average Bonchev–Trinajstić information content (AvgIpc) is 2.66. The lowest BCUT2D eigenvalue weighted by molar-refractivity contribution is 0.102. The Morgan fingerprint density at radius 1 is 1.00 bits per heavy atom. The van der Waals surface area contributed by atoms with Crippen molar-refractivity contribution in [2.75, 3.05) is 17.7 Å². The van der Waals surface area contributed by atoms with E-state index in [4.69, 9.17) is 4.74 Å². The second-order valence-corrected chi connectivity index (χ2v) is 6.46. The predicted octanol–water partition coefficient (Wildman–Crippen LogP) is 5.01. The number of pyridine rings is 1. The summed E-state index contributed by atoms with van der Waals surface area (Å²) in [6.45, 7) is 6.02. The molecule has 0 aliphatic rings. The van der Waals surface area contributed by atoms with E-state index in [0.29, 0.717) is 5.69 Å².